The van der Waals surface area contributed by atoms with Crippen LogP contribution >= 0.6 is 0 Å². The number of pyridine rings is 1. The quantitative estimate of drug-likeness (QED) is 0.746. The van der Waals surface area contributed by atoms with Gasteiger partial charge in [-0.25, -0.2) is 0 Å². The fourth-order valence-corrected chi connectivity index (χ4v) is 2.49. The van der Waals surface area contributed by atoms with Gasteiger partial charge in [-0.05, 0) is 12.5 Å². The van der Waals surface area contributed by atoms with Crippen LogP contribution in [0.1, 0.15) is 29.5 Å². The highest BCUT2D eigenvalue weighted by Gasteiger charge is 2.12. The normalized spacial score (nSPS) is 10.8. The molecular weight excluding hydrogens is 294 g/mol. The topological polar surface area (TPSA) is 92.7 Å². The predicted molar refractivity (Wildman–Crippen MR) is 86.1 cm³/mol. The molecule has 2 N–H and O–H groups in total. The van der Waals surface area contributed by atoms with Gasteiger partial charge in [0.15, 0.2) is 5.82 Å². The van der Waals surface area contributed by atoms with Crippen LogP contribution in [0, 0.1) is 0 Å². The predicted octanol–water partition coefficient (Wildman–Crippen LogP) is 1.46. The smallest absolute Gasteiger partial charge is 0.252 e. The van der Waals surface area contributed by atoms with E-state index in [2.05, 4.69) is 27.4 Å². The lowest BCUT2D eigenvalue weighted by Gasteiger charge is -2.08. The Morgan fingerprint density at radius 3 is 3.00 bits per heavy atom. The molecule has 118 valence electrons. The number of rotatable bonds is 5. The first-order valence-corrected chi connectivity index (χ1v) is 7.46. The summed E-state index contributed by atoms with van der Waals surface area (Å²) in [6, 6.07) is 8.53. The van der Waals surface area contributed by atoms with E-state index < -0.39 is 0 Å². The lowest BCUT2D eigenvalue weighted by molar-refractivity contribution is 0.0951. The van der Waals surface area contributed by atoms with Crippen molar-refractivity contribution in [3.63, 3.8) is 0 Å². The van der Waals surface area contributed by atoms with Crippen LogP contribution in [0.15, 0.2) is 41.5 Å². The number of benzene rings is 1. The van der Waals surface area contributed by atoms with Crippen molar-refractivity contribution >= 4 is 16.8 Å². The van der Waals surface area contributed by atoms with Gasteiger partial charge in [-0.2, -0.15) is 0 Å². The molecule has 0 aliphatic heterocycles. The Morgan fingerprint density at radius 2 is 2.17 bits per heavy atom. The van der Waals surface area contributed by atoms with E-state index in [1.54, 1.807) is 18.5 Å². The molecule has 0 spiro atoms. The van der Waals surface area contributed by atoms with E-state index >= 15 is 0 Å². The lowest BCUT2D eigenvalue weighted by atomic mass is 10.1. The van der Waals surface area contributed by atoms with Gasteiger partial charge < -0.3 is 14.9 Å². The van der Waals surface area contributed by atoms with Crippen LogP contribution in [-0.2, 0) is 13.1 Å². The molecule has 0 radical (unpaired) electrons. The summed E-state index contributed by atoms with van der Waals surface area (Å²) in [6.07, 6.45) is 2.60. The highest BCUT2D eigenvalue weighted by molar-refractivity contribution is 6.05. The molecule has 0 unspecified atom stereocenters. The van der Waals surface area contributed by atoms with Crippen LogP contribution in [0.5, 0.6) is 0 Å². The third-order valence-corrected chi connectivity index (χ3v) is 3.56. The summed E-state index contributed by atoms with van der Waals surface area (Å²) < 4.78 is 1.90. The average molecular weight is 311 g/mol. The number of nitrogens with one attached hydrogen (secondary N) is 2. The van der Waals surface area contributed by atoms with Gasteiger partial charge in [0.2, 0.25) is 5.56 Å². The molecule has 7 heteroatoms. The Bertz CT molecular complexity index is 897. The molecule has 0 bridgehead atoms. The molecule has 2 aromatic heterocycles. The monoisotopic (exact) mass is 311 g/mol. The molecule has 23 heavy (non-hydrogen) atoms. The first-order chi connectivity index (χ1) is 11.2. The number of carbonyl (C=O) groups is 1. The molecular formula is C16H17N5O2. The maximum absolute atomic E-state index is 12.5. The zero-order valence-corrected chi connectivity index (χ0v) is 12.7. The molecule has 7 nitrogen and oxygen atoms in total. The second-order valence-electron chi connectivity index (χ2n) is 5.22. The SMILES string of the molecule is CCCn1cnnc1CNC(=O)c1cc(=O)[nH]c2ccccc12. The molecule has 1 aromatic carbocycles. The Morgan fingerprint density at radius 1 is 1.35 bits per heavy atom. The van der Waals surface area contributed by atoms with E-state index in [0.717, 1.165) is 13.0 Å². The van der Waals surface area contributed by atoms with E-state index in [1.165, 1.54) is 6.07 Å². The van der Waals surface area contributed by atoms with Crippen LogP contribution in [0.3, 0.4) is 0 Å². The van der Waals surface area contributed by atoms with E-state index in [1.807, 2.05) is 16.7 Å². The molecule has 3 rings (SSSR count). The van der Waals surface area contributed by atoms with Crippen molar-refractivity contribution in [3.05, 3.63) is 58.4 Å². The largest absolute Gasteiger partial charge is 0.345 e. The van der Waals surface area contributed by atoms with Crippen LogP contribution in [-0.4, -0.2) is 25.7 Å². The van der Waals surface area contributed by atoms with Crippen molar-refractivity contribution in [1.82, 2.24) is 25.1 Å². The first-order valence-electron chi connectivity index (χ1n) is 7.46. The van der Waals surface area contributed by atoms with Gasteiger partial charge in [0.1, 0.15) is 6.33 Å². The third kappa shape index (κ3) is 3.13. The van der Waals surface area contributed by atoms with Crippen molar-refractivity contribution in [2.24, 2.45) is 0 Å². The minimum Gasteiger partial charge on any atom is -0.345 e. The van der Waals surface area contributed by atoms with Crippen molar-refractivity contribution < 1.29 is 4.79 Å². The number of aromatic nitrogens is 4. The first kappa shape index (κ1) is 15.0. The number of hydrogen-bond acceptors (Lipinski definition) is 4. The average Bonchev–Trinajstić information content (AvgIpc) is 2.99. The summed E-state index contributed by atoms with van der Waals surface area (Å²) in [7, 11) is 0. The number of aryl methyl sites for hydroxylation is 1. The summed E-state index contributed by atoms with van der Waals surface area (Å²) in [4.78, 5) is 26.9. The Balaban J connectivity index is 1.84. The molecule has 1 amide bonds. The summed E-state index contributed by atoms with van der Waals surface area (Å²) in [5, 5.41) is 11.4. The fourth-order valence-electron chi connectivity index (χ4n) is 2.49. The van der Waals surface area contributed by atoms with Crippen LogP contribution in [0.4, 0.5) is 0 Å². The second-order valence-corrected chi connectivity index (χ2v) is 5.22. The van der Waals surface area contributed by atoms with Gasteiger partial charge in [0.05, 0.1) is 12.1 Å². The molecule has 0 atom stereocenters. The van der Waals surface area contributed by atoms with Crippen molar-refractivity contribution in [2.45, 2.75) is 26.4 Å². The number of para-hydroxylation sites is 1. The highest BCUT2D eigenvalue weighted by atomic mass is 16.2. The third-order valence-electron chi connectivity index (χ3n) is 3.56. The summed E-state index contributed by atoms with van der Waals surface area (Å²) in [5.74, 6) is 0.382. The number of hydrogen-bond donors (Lipinski definition) is 2. The number of carbonyl (C=O) groups excluding carboxylic acids is 1. The fraction of sp³-hybridized carbons (Fsp3) is 0.250. The molecule has 0 saturated heterocycles. The summed E-state index contributed by atoms with van der Waals surface area (Å²) in [6.45, 7) is 3.12. The van der Waals surface area contributed by atoms with Gasteiger partial charge in [-0.3, -0.25) is 9.59 Å². The molecule has 0 saturated carbocycles. The highest BCUT2D eigenvalue weighted by Crippen LogP contribution is 2.14. The number of fused-ring (bicyclic) bond motifs is 1. The maximum Gasteiger partial charge on any atom is 0.252 e. The number of amides is 1. The molecule has 2 heterocycles. The lowest BCUT2D eigenvalue weighted by Crippen LogP contribution is -2.26. The van der Waals surface area contributed by atoms with E-state index in [4.69, 9.17) is 0 Å². The number of H-pyrrole nitrogens is 1. The second kappa shape index (κ2) is 6.43. The van der Waals surface area contributed by atoms with Crippen molar-refractivity contribution in [1.29, 1.82) is 0 Å². The van der Waals surface area contributed by atoms with E-state index in [9.17, 15) is 9.59 Å². The molecule has 3 aromatic rings. The van der Waals surface area contributed by atoms with E-state index in [-0.39, 0.29) is 18.0 Å². The van der Waals surface area contributed by atoms with Gasteiger partial charge in [-0.1, -0.05) is 25.1 Å². The van der Waals surface area contributed by atoms with Crippen LogP contribution < -0.4 is 10.9 Å². The number of nitrogens with zero attached hydrogens (tertiary/aromatic N) is 3. The van der Waals surface area contributed by atoms with Gasteiger partial charge >= 0.3 is 0 Å². The Labute approximate surface area is 132 Å². The molecule has 0 aliphatic carbocycles. The minimum atomic E-state index is -0.307. The van der Waals surface area contributed by atoms with Crippen molar-refractivity contribution in [2.75, 3.05) is 0 Å². The standard InChI is InChI=1S/C16H17N5O2/c1-2-7-21-10-18-20-14(21)9-17-16(23)12-8-15(22)19-13-6-4-3-5-11(12)13/h3-6,8,10H,2,7,9H2,1H3,(H,17,23)(H,19,22). The zero-order valence-electron chi connectivity index (χ0n) is 12.7. The Hall–Kier alpha value is -2.96. The zero-order chi connectivity index (χ0) is 16.2. The van der Waals surface area contributed by atoms with E-state index in [0.29, 0.717) is 22.3 Å². The van der Waals surface area contributed by atoms with Crippen LogP contribution in [0.25, 0.3) is 10.9 Å². The molecule has 0 aliphatic rings. The van der Waals surface area contributed by atoms with Crippen LogP contribution in [0.2, 0.25) is 0 Å². The Kier molecular flexibility index (Phi) is 4.18. The minimum absolute atomic E-state index is 0.264. The number of aromatic amines is 1. The summed E-state index contributed by atoms with van der Waals surface area (Å²) in [5.41, 5.74) is 0.688. The maximum atomic E-state index is 12.5. The van der Waals surface area contributed by atoms with Gasteiger partial charge in [0, 0.05) is 23.5 Å². The van der Waals surface area contributed by atoms with Gasteiger partial charge in [-0.15, -0.1) is 10.2 Å². The van der Waals surface area contributed by atoms with Gasteiger partial charge in [0.25, 0.3) is 5.91 Å². The summed E-state index contributed by atoms with van der Waals surface area (Å²) >= 11 is 0. The van der Waals surface area contributed by atoms with Crippen molar-refractivity contribution in [3.8, 4) is 0 Å². The molecule has 0 fully saturated rings.